The van der Waals surface area contributed by atoms with Gasteiger partial charge >= 0.3 is 11.9 Å². The largest absolute Gasteiger partial charge is 0.508 e. The summed E-state index contributed by atoms with van der Waals surface area (Å²) in [5.74, 6) is -3.02. The number of rotatable bonds is 6. The molecule has 2 aliphatic rings. The number of nitrogens with one attached hydrogen (secondary N) is 1. The van der Waals surface area contributed by atoms with Crippen molar-refractivity contribution in [2.24, 2.45) is 0 Å². The summed E-state index contributed by atoms with van der Waals surface area (Å²) in [6, 6.07) is 12.7. The number of carbonyl (C=O) groups excluding carboxylic acids is 1. The van der Waals surface area contributed by atoms with Crippen LogP contribution in [-0.4, -0.2) is 38.4 Å². The van der Waals surface area contributed by atoms with Crippen molar-refractivity contribution in [3.05, 3.63) is 70.4 Å². The van der Waals surface area contributed by atoms with E-state index in [0.29, 0.717) is 22.1 Å². The Kier molecular flexibility index (Phi) is 5.99. The van der Waals surface area contributed by atoms with Gasteiger partial charge in [-0.15, -0.1) is 0 Å². The van der Waals surface area contributed by atoms with Crippen LogP contribution in [0.1, 0.15) is 16.8 Å². The van der Waals surface area contributed by atoms with Crippen LogP contribution in [0, 0.1) is 0 Å². The van der Waals surface area contributed by atoms with Crippen molar-refractivity contribution in [2.45, 2.75) is 11.7 Å². The van der Waals surface area contributed by atoms with Crippen LogP contribution >= 0.6 is 12.6 Å². The molecule has 172 valence electrons. The Labute approximate surface area is 197 Å². The quantitative estimate of drug-likeness (QED) is 0.207. The number of carboxylic acids is 2. The van der Waals surface area contributed by atoms with Crippen LogP contribution in [0.25, 0.3) is 33.4 Å². The molecule has 2 aromatic rings. The number of amides is 1. The number of hydrogen-bond acceptors (Lipinski definition) is 7. The molecular weight excluding hydrogens is 462 g/mol. The van der Waals surface area contributed by atoms with Gasteiger partial charge in [0.1, 0.15) is 22.3 Å². The van der Waals surface area contributed by atoms with Crippen molar-refractivity contribution in [3.8, 4) is 28.2 Å². The molecule has 0 spiro atoms. The number of aromatic hydroxyl groups is 1. The Morgan fingerprint density at radius 2 is 1.71 bits per heavy atom. The van der Waals surface area contributed by atoms with Gasteiger partial charge in [0, 0.05) is 40.8 Å². The number of aromatic carboxylic acids is 1. The first kappa shape index (κ1) is 22.9. The molecule has 2 aromatic carbocycles. The number of carboxylic acid groups (broad SMARTS) is 2. The van der Waals surface area contributed by atoms with Gasteiger partial charge in [-0.25, -0.2) is 4.79 Å². The molecule has 1 amide bonds. The number of thiol groups is 1. The normalized spacial score (nSPS) is 11.9. The monoisotopic (exact) mass is 479 g/mol. The average molecular weight is 479 g/mol. The summed E-state index contributed by atoms with van der Waals surface area (Å²) in [6.07, 6.45) is -0.404. The van der Waals surface area contributed by atoms with Crippen LogP contribution in [0.3, 0.4) is 0 Å². The van der Waals surface area contributed by atoms with Crippen LogP contribution in [0.2, 0.25) is 0 Å². The fourth-order valence-electron chi connectivity index (χ4n) is 3.64. The van der Waals surface area contributed by atoms with E-state index in [-0.39, 0.29) is 33.8 Å². The van der Waals surface area contributed by atoms with E-state index in [1.54, 1.807) is 6.07 Å². The van der Waals surface area contributed by atoms with E-state index < -0.39 is 29.5 Å². The van der Waals surface area contributed by atoms with Gasteiger partial charge in [0.2, 0.25) is 5.91 Å². The van der Waals surface area contributed by atoms with Crippen molar-refractivity contribution < 1.29 is 34.1 Å². The molecule has 1 atom stereocenters. The van der Waals surface area contributed by atoms with E-state index in [0.717, 1.165) is 0 Å². The lowest BCUT2D eigenvalue weighted by molar-refractivity contribution is -0.137. The van der Waals surface area contributed by atoms with Crippen LogP contribution in [-0.2, 0) is 9.59 Å². The molecule has 10 heteroatoms. The van der Waals surface area contributed by atoms with E-state index in [2.05, 4.69) is 17.9 Å². The topological polar surface area (TPSA) is 154 Å². The number of aliphatic carboxylic acids is 1. The molecule has 1 aliphatic carbocycles. The van der Waals surface area contributed by atoms with Crippen molar-refractivity contribution in [3.63, 3.8) is 0 Å². The fraction of sp³-hybridized carbons (Fsp3) is 0.0833. The molecule has 34 heavy (non-hydrogen) atoms. The van der Waals surface area contributed by atoms with Crippen LogP contribution in [0.4, 0.5) is 5.69 Å². The van der Waals surface area contributed by atoms with E-state index in [9.17, 15) is 29.4 Å². The number of benzene rings is 3. The van der Waals surface area contributed by atoms with Gasteiger partial charge < -0.3 is 25.1 Å². The second kappa shape index (κ2) is 8.91. The zero-order valence-electron chi connectivity index (χ0n) is 17.3. The molecule has 0 fully saturated rings. The second-order valence-electron chi connectivity index (χ2n) is 7.49. The maximum absolute atomic E-state index is 12.2. The molecular formula is C24H17NO8S. The predicted octanol–water partition coefficient (Wildman–Crippen LogP) is 3.68. The van der Waals surface area contributed by atoms with Crippen molar-refractivity contribution in [2.75, 3.05) is 5.32 Å². The van der Waals surface area contributed by atoms with Crippen LogP contribution < -0.4 is 10.7 Å². The number of anilines is 1. The summed E-state index contributed by atoms with van der Waals surface area (Å²) in [5, 5.41) is 30.5. The molecule has 0 aromatic heterocycles. The van der Waals surface area contributed by atoms with Crippen LogP contribution in [0.15, 0.2) is 63.8 Å². The molecule has 1 heterocycles. The number of phenols is 1. The first-order valence-electron chi connectivity index (χ1n) is 9.92. The van der Waals surface area contributed by atoms with Crippen molar-refractivity contribution >= 4 is 47.1 Å². The third-order valence-electron chi connectivity index (χ3n) is 5.14. The SMILES string of the molecule is O=C(CC(S)C(=O)O)Nc1ccc(-c2c3ccc(=O)cc-3oc3cc(O)ccc23)c(C(=O)O)c1. The van der Waals surface area contributed by atoms with Gasteiger partial charge in [0.05, 0.1) is 5.56 Å². The third kappa shape index (κ3) is 4.44. The molecule has 0 saturated carbocycles. The predicted molar refractivity (Wildman–Crippen MR) is 127 cm³/mol. The first-order chi connectivity index (χ1) is 16.1. The summed E-state index contributed by atoms with van der Waals surface area (Å²) < 4.78 is 5.78. The highest BCUT2D eigenvalue weighted by Gasteiger charge is 2.23. The van der Waals surface area contributed by atoms with E-state index >= 15 is 0 Å². The van der Waals surface area contributed by atoms with Gasteiger partial charge in [0.25, 0.3) is 0 Å². The summed E-state index contributed by atoms with van der Waals surface area (Å²) in [5.41, 5.74) is 1.19. The van der Waals surface area contributed by atoms with E-state index in [1.165, 1.54) is 48.5 Å². The molecule has 0 radical (unpaired) electrons. The molecule has 9 nitrogen and oxygen atoms in total. The third-order valence-corrected chi connectivity index (χ3v) is 5.55. The zero-order valence-corrected chi connectivity index (χ0v) is 18.2. The van der Waals surface area contributed by atoms with E-state index in [1.807, 2.05) is 0 Å². The lowest BCUT2D eigenvalue weighted by Crippen LogP contribution is -2.22. The van der Waals surface area contributed by atoms with Crippen LogP contribution in [0.5, 0.6) is 5.75 Å². The summed E-state index contributed by atoms with van der Waals surface area (Å²) in [4.78, 5) is 47.1. The fourth-order valence-corrected chi connectivity index (χ4v) is 3.81. The molecule has 1 unspecified atom stereocenters. The maximum atomic E-state index is 12.2. The Morgan fingerprint density at radius 3 is 2.41 bits per heavy atom. The minimum absolute atomic E-state index is 0.0693. The zero-order chi connectivity index (χ0) is 24.6. The molecule has 4 rings (SSSR count). The molecule has 4 N–H and O–H groups in total. The van der Waals surface area contributed by atoms with Crippen molar-refractivity contribution in [1.82, 2.24) is 0 Å². The highest BCUT2D eigenvalue weighted by molar-refractivity contribution is 7.81. The number of hydrogen-bond donors (Lipinski definition) is 5. The Balaban J connectivity index is 1.88. The standard InChI is InChI=1S/C24H17NO8S/c26-12-2-5-15-18(8-12)33-19-9-13(27)3-6-16(19)22(15)14-4-1-11(7-17(14)23(29)30)25-21(28)10-20(34)24(31)32/h1-9,20,26,34H,10H2,(H,25,28)(H,29,30)(H,31,32). The maximum Gasteiger partial charge on any atom is 0.336 e. The smallest absolute Gasteiger partial charge is 0.336 e. The van der Waals surface area contributed by atoms with Gasteiger partial charge in [-0.05, 0) is 42.0 Å². The number of phenolic OH excluding ortho intramolecular Hbond substituents is 1. The minimum Gasteiger partial charge on any atom is -0.508 e. The van der Waals surface area contributed by atoms with Gasteiger partial charge in [-0.3, -0.25) is 14.4 Å². The Hall–Kier alpha value is -4.31. The summed E-state index contributed by atoms with van der Waals surface area (Å²) in [6.45, 7) is 0. The number of fused-ring (bicyclic) bond motifs is 2. The van der Waals surface area contributed by atoms with Gasteiger partial charge in [-0.1, -0.05) is 6.07 Å². The molecule has 0 bridgehead atoms. The second-order valence-corrected chi connectivity index (χ2v) is 8.11. The van der Waals surface area contributed by atoms with Gasteiger partial charge in [-0.2, -0.15) is 12.6 Å². The minimum atomic E-state index is -1.27. The summed E-state index contributed by atoms with van der Waals surface area (Å²) >= 11 is 3.83. The lowest BCUT2D eigenvalue weighted by Gasteiger charge is -2.17. The first-order valence-corrected chi connectivity index (χ1v) is 10.4. The Bertz CT molecular complexity index is 1490. The Morgan fingerprint density at radius 1 is 0.971 bits per heavy atom. The molecule has 1 aliphatic heterocycles. The lowest BCUT2D eigenvalue weighted by atomic mass is 9.90. The highest BCUT2D eigenvalue weighted by atomic mass is 32.1. The van der Waals surface area contributed by atoms with Crippen molar-refractivity contribution in [1.29, 1.82) is 0 Å². The molecule has 0 saturated heterocycles. The average Bonchev–Trinajstić information content (AvgIpc) is 2.77. The summed E-state index contributed by atoms with van der Waals surface area (Å²) in [7, 11) is 0. The number of carbonyl (C=O) groups is 3. The van der Waals surface area contributed by atoms with E-state index in [4.69, 9.17) is 9.52 Å². The van der Waals surface area contributed by atoms with Gasteiger partial charge in [0.15, 0.2) is 5.43 Å². The highest BCUT2D eigenvalue weighted by Crippen LogP contribution is 2.42.